The third-order valence-corrected chi connectivity index (χ3v) is 3.81. The van der Waals surface area contributed by atoms with Crippen LogP contribution < -0.4 is 9.47 Å². The zero-order chi connectivity index (χ0) is 19.4. The highest BCUT2D eigenvalue weighted by atomic mass is 35.5. The number of halogens is 1. The minimum atomic E-state index is -1.10. The van der Waals surface area contributed by atoms with E-state index in [-0.39, 0.29) is 17.3 Å². The van der Waals surface area contributed by atoms with Gasteiger partial charge in [0.2, 0.25) is 5.90 Å². The van der Waals surface area contributed by atoms with Gasteiger partial charge < -0.3 is 19.3 Å². The highest BCUT2D eigenvalue weighted by molar-refractivity contribution is 6.30. The van der Waals surface area contributed by atoms with Crippen LogP contribution in [0.5, 0.6) is 11.5 Å². The molecule has 2 aromatic rings. The fourth-order valence-electron chi connectivity index (χ4n) is 2.32. The van der Waals surface area contributed by atoms with Crippen molar-refractivity contribution in [3.05, 3.63) is 64.3 Å². The van der Waals surface area contributed by atoms with Crippen LogP contribution in [0.4, 0.5) is 0 Å². The van der Waals surface area contributed by atoms with Gasteiger partial charge in [-0.2, -0.15) is 0 Å². The Balaban J connectivity index is 1.85. The molecule has 0 amide bonds. The first-order valence-electron chi connectivity index (χ1n) is 7.77. The average molecular weight is 388 g/mol. The Kier molecular flexibility index (Phi) is 5.42. The third kappa shape index (κ3) is 4.45. The number of aliphatic imine (C=N–C) groups is 1. The summed E-state index contributed by atoms with van der Waals surface area (Å²) >= 11 is 5.85. The Labute approximate surface area is 159 Å². The van der Waals surface area contributed by atoms with Crippen molar-refractivity contribution in [1.29, 1.82) is 0 Å². The SMILES string of the molecule is COc1cc(/C=C2/N=C(c3ccc(Cl)cc3)OC2=O)ccc1OCC(=O)O. The zero-order valence-corrected chi connectivity index (χ0v) is 14.9. The van der Waals surface area contributed by atoms with E-state index in [0.717, 1.165) is 0 Å². The number of carbonyl (C=O) groups is 2. The average Bonchev–Trinajstić information content (AvgIpc) is 3.01. The Bertz CT molecular complexity index is 949. The molecule has 138 valence electrons. The summed E-state index contributed by atoms with van der Waals surface area (Å²) in [4.78, 5) is 26.9. The van der Waals surface area contributed by atoms with E-state index in [0.29, 0.717) is 21.9 Å². The lowest BCUT2D eigenvalue weighted by Crippen LogP contribution is -2.10. The van der Waals surface area contributed by atoms with Gasteiger partial charge in [0.15, 0.2) is 23.8 Å². The predicted octanol–water partition coefficient (Wildman–Crippen LogP) is 3.16. The maximum absolute atomic E-state index is 12.1. The molecule has 0 saturated heterocycles. The molecule has 1 aliphatic heterocycles. The molecule has 0 spiro atoms. The van der Waals surface area contributed by atoms with Gasteiger partial charge in [0, 0.05) is 10.6 Å². The second kappa shape index (κ2) is 7.92. The van der Waals surface area contributed by atoms with Crippen LogP contribution in [0.3, 0.4) is 0 Å². The molecule has 1 heterocycles. The number of benzene rings is 2. The zero-order valence-electron chi connectivity index (χ0n) is 14.1. The van der Waals surface area contributed by atoms with Crippen LogP contribution in [0.15, 0.2) is 53.2 Å². The first kappa shape index (κ1) is 18.5. The lowest BCUT2D eigenvalue weighted by atomic mass is 10.1. The van der Waals surface area contributed by atoms with Crippen molar-refractivity contribution in [2.45, 2.75) is 0 Å². The molecule has 8 heteroatoms. The summed E-state index contributed by atoms with van der Waals surface area (Å²) in [5, 5.41) is 9.26. The van der Waals surface area contributed by atoms with Crippen LogP contribution in [0.25, 0.3) is 6.08 Å². The minimum absolute atomic E-state index is 0.126. The summed E-state index contributed by atoms with van der Waals surface area (Å²) in [7, 11) is 1.43. The Hall–Kier alpha value is -3.32. The number of carboxylic acids is 1. The molecule has 3 rings (SSSR count). The predicted molar refractivity (Wildman–Crippen MR) is 98.2 cm³/mol. The van der Waals surface area contributed by atoms with Crippen molar-refractivity contribution in [2.75, 3.05) is 13.7 Å². The molecule has 0 fully saturated rings. The Morgan fingerprint density at radius 3 is 2.63 bits per heavy atom. The number of hydrogen-bond acceptors (Lipinski definition) is 6. The van der Waals surface area contributed by atoms with Crippen LogP contribution in [0, 0.1) is 0 Å². The molecule has 1 aliphatic rings. The largest absolute Gasteiger partial charge is 0.493 e. The Morgan fingerprint density at radius 2 is 1.96 bits per heavy atom. The second-order valence-corrected chi connectivity index (χ2v) is 5.87. The van der Waals surface area contributed by atoms with E-state index in [1.54, 1.807) is 42.5 Å². The van der Waals surface area contributed by atoms with Crippen LogP contribution in [-0.4, -0.2) is 36.7 Å². The number of hydrogen-bond donors (Lipinski definition) is 1. The normalized spacial score (nSPS) is 14.7. The first-order chi connectivity index (χ1) is 13.0. The summed E-state index contributed by atoms with van der Waals surface area (Å²) in [6.45, 7) is -0.488. The van der Waals surface area contributed by atoms with Crippen molar-refractivity contribution in [1.82, 2.24) is 0 Å². The van der Waals surface area contributed by atoms with Crippen molar-refractivity contribution in [3.8, 4) is 11.5 Å². The molecule has 0 unspecified atom stereocenters. The molecule has 0 aliphatic carbocycles. The van der Waals surface area contributed by atoms with Crippen molar-refractivity contribution < 1.29 is 28.9 Å². The van der Waals surface area contributed by atoms with Gasteiger partial charge in [0.05, 0.1) is 7.11 Å². The lowest BCUT2D eigenvalue weighted by Gasteiger charge is -2.09. The summed E-state index contributed by atoms with van der Waals surface area (Å²) in [6, 6.07) is 11.6. The molecule has 0 aromatic heterocycles. The van der Waals surface area contributed by atoms with Gasteiger partial charge in [-0.15, -0.1) is 0 Å². The molecule has 7 nitrogen and oxygen atoms in total. The first-order valence-corrected chi connectivity index (χ1v) is 8.15. The van der Waals surface area contributed by atoms with Crippen LogP contribution >= 0.6 is 11.6 Å². The van der Waals surface area contributed by atoms with Gasteiger partial charge in [0.25, 0.3) is 0 Å². The summed E-state index contributed by atoms with van der Waals surface area (Å²) in [5.74, 6) is -0.872. The maximum atomic E-state index is 12.1. The number of methoxy groups -OCH3 is 1. The van der Waals surface area contributed by atoms with E-state index in [1.807, 2.05) is 0 Å². The number of nitrogens with zero attached hydrogens (tertiary/aromatic N) is 1. The number of cyclic esters (lactones) is 1. The molecule has 27 heavy (non-hydrogen) atoms. The van der Waals surface area contributed by atoms with Gasteiger partial charge in [-0.1, -0.05) is 17.7 Å². The molecule has 0 bridgehead atoms. The van der Waals surface area contributed by atoms with E-state index >= 15 is 0 Å². The van der Waals surface area contributed by atoms with Gasteiger partial charge in [-0.25, -0.2) is 14.6 Å². The molecule has 0 atom stereocenters. The van der Waals surface area contributed by atoms with E-state index in [1.165, 1.54) is 13.2 Å². The van der Waals surface area contributed by atoms with Crippen molar-refractivity contribution >= 4 is 35.5 Å². The minimum Gasteiger partial charge on any atom is -0.493 e. The number of aliphatic carboxylic acids is 1. The topological polar surface area (TPSA) is 94.4 Å². The second-order valence-electron chi connectivity index (χ2n) is 5.44. The van der Waals surface area contributed by atoms with E-state index in [2.05, 4.69) is 4.99 Å². The van der Waals surface area contributed by atoms with Crippen LogP contribution in [0.1, 0.15) is 11.1 Å². The fraction of sp³-hybridized carbons (Fsp3) is 0.105. The fourth-order valence-corrected chi connectivity index (χ4v) is 2.44. The van der Waals surface area contributed by atoms with Gasteiger partial charge in [-0.05, 0) is 48.0 Å². The Morgan fingerprint density at radius 1 is 1.22 bits per heavy atom. The highest BCUT2D eigenvalue weighted by Crippen LogP contribution is 2.29. The smallest absolute Gasteiger partial charge is 0.363 e. The maximum Gasteiger partial charge on any atom is 0.363 e. The molecule has 0 saturated carbocycles. The summed E-state index contributed by atoms with van der Waals surface area (Å²) in [6.07, 6.45) is 1.54. The van der Waals surface area contributed by atoms with Crippen molar-refractivity contribution in [3.63, 3.8) is 0 Å². The van der Waals surface area contributed by atoms with Gasteiger partial charge in [-0.3, -0.25) is 0 Å². The lowest BCUT2D eigenvalue weighted by molar-refractivity contribution is -0.139. The molecular formula is C19H14ClNO6. The highest BCUT2D eigenvalue weighted by Gasteiger charge is 2.24. The van der Waals surface area contributed by atoms with E-state index in [4.69, 9.17) is 30.9 Å². The van der Waals surface area contributed by atoms with E-state index < -0.39 is 18.5 Å². The number of rotatable bonds is 6. The molecule has 0 radical (unpaired) electrons. The van der Waals surface area contributed by atoms with Crippen LogP contribution in [0.2, 0.25) is 5.02 Å². The van der Waals surface area contributed by atoms with Gasteiger partial charge in [0.1, 0.15) is 0 Å². The summed E-state index contributed by atoms with van der Waals surface area (Å²) in [5.41, 5.74) is 1.37. The third-order valence-electron chi connectivity index (χ3n) is 3.55. The molecular weight excluding hydrogens is 374 g/mol. The number of carboxylic acid groups (broad SMARTS) is 1. The summed E-state index contributed by atoms with van der Waals surface area (Å²) < 4.78 is 15.5. The number of carbonyl (C=O) groups excluding carboxylic acids is 1. The van der Waals surface area contributed by atoms with Crippen molar-refractivity contribution in [2.24, 2.45) is 4.99 Å². The van der Waals surface area contributed by atoms with Gasteiger partial charge >= 0.3 is 11.9 Å². The van der Waals surface area contributed by atoms with Crippen LogP contribution in [-0.2, 0) is 14.3 Å². The standard InChI is InChI=1S/C19H14ClNO6/c1-25-16-9-11(2-7-15(16)26-10-17(22)23)8-14-19(24)27-18(21-14)12-3-5-13(20)6-4-12/h2-9H,10H2,1H3,(H,22,23)/b14-8+. The quantitative estimate of drug-likeness (QED) is 0.604. The van der Waals surface area contributed by atoms with E-state index in [9.17, 15) is 9.59 Å². The monoisotopic (exact) mass is 387 g/mol. The molecule has 2 aromatic carbocycles. The molecule has 1 N–H and O–H groups in total. The number of esters is 1. The number of ether oxygens (including phenoxy) is 3.